The van der Waals surface area contributed by atoms with E-state index in [1.165, 1.54) is 12.1 Å². The monoisotopic (exact) mass is 292 g/mol. The molecule has 0 aliphatic carbocycles. The molecule has 0 aliphatic rings. The Morgan fingerprint density at radius 1 is 1.25 bits per heavy atom. The lowest BCUT2D eigenvalue weighted by Crippen LogP contribution is -2.06. The van der Waals surface area contributed by atoms with Gasteiger partial charge >= 0.3 is 6.18 Å². The van der Waals surface area contributed by atoms with Gasteiger partial charge in [0.05, 0.1) is 5.56 Å². The van der Waals surface area contributed by atoms with Crippen LogP contribution in [-0.4, -0.2) is 10.1 Å². The minimum Gasteiger partial charge on any atom is -0.342 e. The Morgan fingerprint density at radius 2 is 2.00 bits per heavy atom. The third-order valence-electron chi connectivity index (χ3n) is 1.91. The molecule has 1 aromatic carbocycles. The van der Waals surface area contributed by atoms with Crippen molar-refractivity contribution in [2.24, 2.45) is 0 Å². The first-order chi connectivity index (χ1) is 7.50. The van der Waals surface area contributed by atoms with Gasteiger partial charge in [0.2, 0.25) is 12.2 Å². The molecule has 2 rings (SSSR count). The van der Waals surface area contributed by atoms with E-state index in [1.54, 1.807) is 0 Å². The predicted molar refractivity (Wildman–Crippen MR) is 52.4 cm³/mol. The molecule has 1 aromatic heterocycles. The van der Waals surface area contributed by atoms with E-state index in [-0.39, 0.29) is 15.9 Å². The first-order valence-corrected chi connectivity index (χ1v) is 4.92. The Kier molecular flexibility index (Phi) is 2.71. The topological polar surface area (TPSA) is 38.9 Å². The summed E-state index contributed by atoms with van der Waals surface area (Å²) < 4.78 is 42.1. The summed E-state index contributed by atoms with van der Waals surface area (Å²) in [5, 5.41) is 3.49. The molecule has 1 heterocycles. The van der Waals surface area contributed by atoms with Gasteiger partial charge in [-0.25, -0.2) is 0 Å². The summed E-state index contributed by atoms with van der Waals surface area (Å²) in [5.41, 5.74) is -0.529. The lowest BCUT2D eigenvalue weighted by atomic mass is 10.1. The number of nitrogens with zero attached hydrogens (tertiary/aromatic N) is 2. The summed E-state index contributed by atoms with van der Waals surface area (Å²) in [6.07, 6.45) is -3.36. The zero-order valence-corrected chi connectivity index (χ0v) is 9.21. The molecule has 2 aromatic rings. The fourth-order valence-corrected chi connectivity index (χ4v) is 1.88. The predicted octanol–water partition coefficient (Wildman–Crippen LogP) is 3.52. The second kappa shape index (κ2) is 3.89. The van der Waals surface area contributed by atoms with E-state index in [2.05, 4.69) is 30.6 Å². The van der Waals surface area contributed by atoms with Crippen LogP contribution >= 0.6 is 15.9 Å². The molecule has 0 N–H and O–H groups in total. The molecule has 0 saturated heterocycles. The van der Waals surface area contributed by atoms with Crippen molar-refractivity contribution in [1.29, 1.82) is 0 Å². The quantitative estimate of drug-likeness (QED) is 0.807. The van der Waals surface area contributed by atoms with Gasteiger partial charge in [0.25, 0.3) is 0 Å². The third-order valence-corrected chi connectivity index (χ3v) is 2.76. The van der Waals surface area contributed by atoms with Gasteiger partial charge in [-0.05, 0) is 28.1 Å². The number of alkyl halides is 3. The molecule has 0 unspecified atom stereocenters. The van der Waals surface area contributed by atoms with E-state index in [0.29, 0.717) is 0 Å². The molecule has 0 aliphatic heterocycles. The highest BCUT2D eigenvalue weighted by atomic mass is 79.9. The summed E-state index contributed by atoms with van der Waals surface area (Å²) in [6.45, 7) is 0. The molecule has 84 valence electrons. The number of rotatable bonds is 1. The normalized spacial score (nSPS) is 11.8. The van der Waals surface area contributed by atoms with Crippen molar-refractivity contribution in [1.82, 2.24) is 10.1 Å². The molecule has 3 nitrogen and oxygen atoms in total. The fraction of sp³-hybridized carbons (Fsp3) is 0.111. The summed E-state index contributed by atoms with van der Waals surface area (Å²) >= 11 is 2.90. The van der Waals surface area contributed by atoms with Crippen molar-refractivity contribution >= 4 is 15.9 Å². The van der Waals surface area contributed by atoms with E-state index in [9.17, 15) is 13.2 Å². The number of halogens is 4. The van der Waals surface area contributed by atoms with Crippen LogP contribution in [0.15, 0.2) is 33.6 Å². The minimum absolute atomic E-state index is 0.0936. The average Bonchev–Trinajstić information content (AvgIpc) is 2.69. The summed E-state index contributed by atoms with van der Waals surface area (Å²) in [4.78, 5) is 3.70. The molecule has 7 heteroatoms. The highest BCUT2D eigenvalue weighted by Gasteiger charge is 2.34. The van der Waals surface area contributed by atoms with Gasteiger partial charge in [0.1, 0.15) is 0 Å². The van der Waals surface area contributed by atoms with E-state index in [0.717, 1.165) is 12.5 Å². The van der Waals surface area contributed by atoms with E-state index in [4.69, 9.17) is 0 Å². The van der Waals surface area contributed by atoms with Crippen LogP contribution in [-0.2, 0) is 6.18 Å². The molecule has 0 saturated carbocycles. The molecule has 0 radical (unpaired) electrons. The maximum Gasteiger partial charge on any atom is 0.417 e. The van der Waals surface area contributed by atoms with Crippen LogP contribution in [0.3, 0.4) is 0 Å². The van der Waals surface area contributed by atoms with Crippen LogP contribution in [0.1, 0.15) is 5.56 Å². The third kappa shape index (κ3) is 1.95. The van der Waals surface area contributed by atoms with Crippen molar-refractivity contribution in [3.8, 4) is 11.4 Å². The van der Waals surface area contributed by atoms with Crippen LogP contribution in [0.25, 0.3) is 11.4 Å². The van der Waals surface area contributed by atoms with Crippen molar-refractivity contribution < 1.29 is 17.7 Å². The first kappa shape index (κ1) is 11.1. The van der Waals surface area contributed by atoms with Gasteiger partial charge in [-0.2, -0.15) is 18.2 Å². The molecular weight excluding hydrogens is 289 g/mol. The number of hydrogen-bond donors (Lipinski definition) is 0. The molecule has 0 atom stereocenters. The second-order valence-electron chi connectivity index (χ2n) is 2.92. The molecular formula is C9H4BrF3N2O. The lowest BCUT2D eigenvalue weighted by molar-refractivity contribution is -0.138. The zero-order valence-electron chi connectivity index (χ0n) is 7.62. The minimum atomic E-state index is -4.42. The van der Waals surface area contributed by atoms with Crippen LogP contribution in [0.2, 0.25) is 0 Å². The Morgan fingerprint density at radius 3 is 2.56 bits per heavy atom. The zero-order chi connectivity index (χ0) is 11.8. The van der Waals surface area contributed by atoms with Gasteiger partial charge in [0, 0.05) is 10.0 Å². The van der Waals surface area contributed by atoms with Crippen molar-refractivity contribution in [2.45, 2.75) is 6.18 Å². The highest BCUT2D eigenvalue weighted by Crippen LogP contribution is 2.38. The average molecular weight is 293 g/mol. The smallest absolute Gasteiger partial charge is 0.342 e. The SMILES string of the molecule is FC(F)(F)c1cccc(-c2ncon2)c1Br. The van der Waals surface area contributed by atoms with Crippen LogP contribution in [0, 0.1) is 0 Å². The van der Waals surface area contributed by atoms with Gasteiger partial charge in [0.15, 0.2) is 0 Å². The van der Waals surface area contributed by atoms with Crippen molar-refractivity contribution in [2.75, 3.05) is 0 Å². The Labute approximate surface area is 96.4 Å². The molecule has 0 fully saturated rings. The number of benzene rings is 1. The summed E-state index contributed by atoms with van der Waals surface area (Å²) in [5.74, 6) is 0.109. The number of hydrogen-bond acceptors (Lipinski definition) is 3. The fourth-order valence-electron chi connectivity index (χ4n) is 1.21. The van der Waals surface area contributed by atoms with Gasteiger partial charge in [-0.15, -0.1) is 0 Å². The molecule has 0 spiro atoms. The number of aromatic nitrogens is 2. The van der Waals surface area contributed by atoms with Gasteiger partial charge in [-0.3, -0.25) is 0 Å². The standard InChI is InChI=1S/C9H4BrF3N2O/c10-7-5(8-14-4-16-15-8)2-1-3-6(7)9(11,12)13/h1-4H. The van der Waals surface area contributed by atoms with Crippen molar-refractivity contribution in [3.05, 3.63) is 34.6 Å². The largest absolute Gasteiger partial charge is 0.417 e. The van der Waals surface area contributed by atoms with E-state index >= 15 is 0 Å². The molecule has 0 bridgehead atoms. The lowest BCUT2D eigenvalue weighted by Gasteiger charge is -2.10. The van der Waals surface area contributed by atoms with E-state index < -0.39 is 11.7 Å². The highest BCUT2D eigenvalue weighted by molar-refractivity contribution is 9.10. The Balaban J connectivity index is 2.58. The Hall–Kier alpha value is -1.37. The van der Waals surface area contributed by atoms with Crippen LogP contribution in [0.4, 0.5) is 13.2 Å². The van der Waals surface area contributed by atoms with E-state index in [1.807, 2.05) is 0 Å². The second-order valence-corrected chi connectivity index (χ2v) is 3.71. The maximum atomic E-state index is 12.6. The maximum absolute atomic E-state index is 12.6. The van der Waals surface area contributed by atoms with Gasteiger partial charge < -0.3 is 4.52 Å². The Bertz CT molecular complexity index is 496. The molecule has 16 heavy (non-hydrogen) atoms. The van der Waals surface area contributed by atoms with Crippen LogP contribution < -0.4 is 0 Å². The van der Waals surface area contributed by atoms with Gasteiger partial charge in [-0.1, -0.05) is 11.2 Å². The summed E-state index contributed by atoms with van der Waals surface area (Å²) in [7, 11) is 0. The molecule has 0 amide bonds. The van der Waals surface area contributed by atoms with Crippen molar-refractivity contribution in [3.63, 3.8) is 0 Å². The summed E-state index contributed by atoms with van der Waals surface area (Å²) in [6, 6.07) is 3.75. The first-order valence-electron chi connectivity index (χ1n) is 4.12. The van der Waals surface area contributed by atoms with Crippen LogP contribution in [0.5, 0.6) is 0 Å².